The Bertz CT molecular complexity index is 739. The van der Waals surface area contributed by atoms with Crippen LogP contribution in [0.4, 0.5) is 11.4 Å². The Morgan fingerprint density at radius 3 is 2.90 bits per heavy atom. The lowest BCUT2D eigenvalue weighted by molar-refractivity contribution is 0.924. The lowest BCUT2D eigenvalue weighted by atomic mass is 10.1. The van der Waals surface area contributed by atoms with Crippen LogP contribution in [-0.2, 0) is 6.54 Å². The van der Waals surface area contributed by atoms with Crippen molar-refractivity contribution in [1.29, 1.82) is 0 Å². The number of pyridine rings is 2. The molecule has 2 N–H and O–H groups in total. The van der Waals surface area contributed by atoms with Gasteiger partial charge in [-0.3, -0.25) is 9.97 Å². The van der Waals surface area contributed by atoms with Gasteiger partial charge in [0, 0.05) is 31.4 Å². The minimum atomic E-state index is 0.692. The van der Waals surface area contributed by atoms with Crippen LogP contribution in [0.25, 0.3) is 10.9 Å². The predicted octanol–water partition coefficient (Wildman–Crippen LogP) is 2.85. The smallest absolute Gasteiger partial charge is 0.0738 e. The number of nitrogens with two attached hydrogens (primary N) is 1. The molecular formula is C16H16N4. The normalized spacial score (nSPS) is 10.7. The fraction of sp³-hybridized carbons (Fsp3) is 0.125. The molecule has 0 amide bonds. The van der Waals surface area contributed by atoms with Crippen molar-refractivity contribution < 1.29 is 0 Å². The molecule has 4 nitrogen and oxygen atoms in total. The summed E-state index contributed by atoms with van der Waals surface area (Å²) in [7, 11) is 2.03. The third-order valence-electron chi connectivity index (χ3n) is 3.33. The van der Waals surface area contributed by atoms with E-state index in [0.29, 0.717) is 5.69 Å². The Morgan fingerprint density at radius 2 is 2.05 bits per heavy atom. The number of nitrogens with zero attached hydrogens (tertiary/aromatic N) is 3. The highest BCUT2D eigenvalue weighted by Crippen LogP contribution is 2.22. The summed E-state index contributed by atoms with van der Waals surface area (Å²) in [6.45, 7) is 0.791. The molecule has 2 heterocycles. The molecule has 2 aromatic heterocycles. The van der Waals surface area contributed by atoms with E-state index in [1.807, 2.05) is 25.4 Å². The van der Waals surface area contributed by atoms with Gasteiger partial charge in [-0.25, -0.2) is 0 Å². The third kappa shape index (κ3) is 2.40. The van der Waals surface area contributed by atoms with Gasteiger partial charge in [-0.05, 0) is 29.8 Å². The summed E-state index contributed by atoms with van der Waals surface area (Å²) >= 11 is 0. The monoisotopic (exact) mass is 264 g/mol. The van der Waals surface area contributed by atoms with E-state index < -0.39 is 0 Å². The Morgan fingerprint density at radius 1 is 1.15 bits per heavy atom. The molecule has 0 saturated carbocycles. The summed E-state index contributed by atoms with van der Waals surface area (Å²) < 4.78 is 0. The van der Waals surface area contributed by atoms with Gasteiger partial charge in [0.15, 0.2) is 0 Å². The fourth-order valence-corrected chi connectivity index (χ4v) is 2.33. The van der Waals surface area contributed by atoms with Gasteiger partial charge in [0.05, 0.1) is 23.1 Å². The molecule has 0 saturated heterocycles. The average molecular weight is 264 g/mol. The van der Waals surface area contributed by atoms with Crippen molar-refractivity contribution in [2.24, 2.45) is 0 Å². The van der Waals surface area contributed by atoms with Gasteiger partial charge >= 0.3 is 0 Å². The second kappa shape index (κ2) is 5.17. The number of anilines is 2. The maximum Gasteiger partial charge on any atom is 0.0738 e. The second-order valence-electron chi connectivity index (χ2n) is 4.82. The quantitative estimate of drug-likeness (QED) is 0.790. The van der Waals surface area contributed by atoms with E-state index in [4.69, 9.17) is 5.73 Å². The van der Waals surface area contributed by atoms with Gasteiger partial charge in [-0.2, -0.15) is 0 Å². The minimum Gasteiger partial charge on any atom is -0.396 e. The Balaban J connectivity index is 1.87. The van der Waals surface area contributed by atoms with Crippen LogP contribution in [0.2, 0.25) is 0 Å². The maximum atomic E-state index is 5.95. The first-order valence-electron chi connectivity index (χ1n) is 6.48. The van der Waals surface area contributed by atoms with E-state index in [1.165, 1.54) is 5.56 Å². The van der Waals surface area contributed by atoms with Crippen LogP contribution < -0.4 is 10.6 Å². The second-order valence-corrected chi connectivity index (χ2v) is 4.82. The molecule has 1 aromatic carbocycles. The molecule has 100 valence electrons. The molecule has 0 spiro atoms. The summed E-state index contributed by atoms with van der Waals surface area (Å²) in [6.07, 6.45) is 5.24. The highest BCUT2D eigenvalue weighted by Gasteiger charge is 2.06. The Labute approximate surface area is 117 Å². The molecule has 20 heavy (non-hydrogen) atoms. The molecule has 0 aliphatic carbocycles. The van der Waals surface area contributed by atoms with Crippen LogP contribution in [0.5, 0.6) is 0 Å². The third-order valence-corrected chi connectivity index (χ3v) is 3.33. The molecule has 4 heteroatoms. The van der Waals surface area contributed by atoms with Crippen molar-refractivity contribution >= 4 is 22.3 Å². The molecule has 0 unspecified atom stereocenters. The van der Waals surface area contributed by atoms with Crippen LogP contribution >= 0.6 is 0 Å². The number of hydrogen-bond donors (Lipinski definition) is 1. The van der Waals surface area contributed by atoms with Gasteiger partial charge in [0.25, 0.3) is 0 Å². The van der Waals surface area contributed by atoms with Crippen LogP contribution in [-0.4, -0.2) is 17.0 Å². The molecule has 0 aliphatic rings. The first-order chi connectivity index (χ1) is 9.74. The summed E-state index contributed by atoms with van der Waals surface area (Å²) in [4.78, 5) is 10.5. The fourth-order valence-electron chi connectivity index (χ4n) is 2.33. The zero-order valence-corrected chi connectivity index (χ0v) is 11.3. The number of nitrogen functional groups attached to an aromatic ring is 1. The van der Waals surface area contributed by atoms with Gasteiger partial charge in [0.2, 0.25) is 0 Å². The largest absolute Gasteiger partial charge is 0.396 e. The summed E-state index contributed by atoms with van der Waals surface area (Å²) in [5.74, 6) is 0. The van der Waals surface area contributed by atoms with Gasteiger partial charge < -0.3 is 10.6 Å². The molecular weight excluding hydrogens is 248 g/mol. The Hall–Kier alpha value is -2.62. The maximum absolute atomic E-state index is 5.95. The van der Waals surface area contributed by atoms with Crippen LogP contribution in [0.3, 0.4) is 0 Å². The first kappa shape index (κ1) is 12.4. The van der Waals surface area contributed by atoms with E-state index in [-0.39, 0.29) is 0 Å². The number of fused-ring (bicyclic) bond motifs is 1. The van der Waals surface area contributed by atoms with Crippen molar-refractivity contribution in [2.45, 2.75) is 6.54 Å². The zero-order chi connectivity index (χ0) is 13.9. The van der Waals surface area contributed by atoms with Crippen LogP contribution in [0.1, 0.15) is 5.56 Å². The summed E-state index contributed by atoms with van der Waals surface area (Å²) in [5, 5.41) is 1.15. The molecule has 0 radical (unpaired) electrons. The molecule has 0 bridgehead atoms. The number of aromatic nitrogens is 2. The summed E-state index contributed by atoms with van der Waals surface area (Å²) in [6, 6.07) is 12.3. The van der Waals surface area contributed by atoms with Gasteiger partial charge in [0.1, 0.15) is 0 Å². The lowest BCUT2D eigenvalue weighted by Crippen LogP contribution is -2.17. The van der Waals surface area contributed by atoms with Crippen molar-refractivity contribution in [2.75, 3.05) is 17.7 Å². The standard InChI is InChI=1S/C16H16N4/c1-20(16-6-8-18-10-14(16)17)11-12-4-5-15-13(9-12)3-2-7-19-15/h2-10H,11,17H2,1H3. The molecule has 0 atom stereocenters. The first-order valence-corrected chi connectivity index (χ1v) is 6.48. The van der Waals surface area contributed by atoms with Crippen molar-refractivity contribution in [1.82, 2.24) is 9.97 Å². The van der Waals surface area contributed by atoms with E-state index >= 15 is 0 Å². The topological polar surface area (TPSA) is 55.0 Å². The predicted molar refractivity (Wildman–Crippen MR) is 82.5 cm³/mol. The molecule has 0 fully saturated rings. The number of hydrogen-bond acceptors (Lipinski definition) is 4. The lowest BCUT2D eigenvalue weighted by Gasteiger charge is -2.21. The van der Waals surface area contributed by atoms with Crippen molar-refractivity contribution in [3.63, 3.8) is 0 Å². The van der Waals surface area contributed by atoms with Crippen molar-refractivity contribution in [3.05, 3.63) is 60.6 Å². The average Bonchev–Trinajstić information content (AvgIpc) is 2.47. The van der Waals surface area contributed by atoms with E-state index in [1.54, 1.807) is 12.4 Å². The minimum absolute atomic E-state index is 0.692. The van der Waals surface area contributed by atoms with E-state index in [0.717, 1.165) is 23.1 Å². The van der Waals surface area contributed by atoms with Crippen molar-refractivity contribution in [3.8, 4) is 0 Å². The van der Waals surface area contributed by atoms with Crippen LogP contribution in [0, 0.1) is 0 Å². The SMILES string of the molecule is CN(Cc1ccc2ncccc2c1)c1ccncc1N. The highest BCUT2D eigenvalue weighted by atomic mass is 15.1. The number of rotatable bonds is 3. The number of benzene rings is 1. The van der Waals surface area contributed by atoms with Gasteiger partial charge in [-0.15, -0.1) is 0 Å². The highest BCUT2D eigenvalue weighted by molar-refractivity contribution is 5.79. The van der Waals surface area contributed by atoms with Gasteiger partial charge in [-0.1, -0.05) is 12.1 Å². The van der Waals surface area contributed by atoms with Crippen LogP contribution in [0.15, 0.2) is 55.0 Å². The van der Waals surface area contributed by atoms with E-state index in [2.05, 4.69) is 39.1 Å². The summed E-state index contributed by atoms with van der Waals surface area (Å²) in [5.41, 5.74) is 9.88. The molecule has 3 aromatic rings. The molecule has 3 rings (SSSR count). The Kier molecular flexibility index (Phi) is 3.21. The zero-order valence-electron chi connectivity index (χ0n) is 11.3. The van der Waals surface area contributed by atoms with E-state index in [9.17, 15) is 0 Å². The molecule has 0 aliphatic heterocycles.